The van der Waals surface area contributed by atoms with Crippen LogP contribution in [0.5, 0.6) is 11.5 Å². The van der Waals surface area contributed by atoms with E-state index >= 15 is 0 Å². The van der Waals surface area contributed by atoms with E-state index < -0.39 is 0 Å². The van der Waals surface area contributed by atoms with Gasteiger partial charge in [0.25, 0.3) is 0 Å². The average Bonchev–Trinajstić information content (AvgIpc) is 2.56. The first kappa shape index (κ1) is 16.4. The molecule has 22 heavy (non-hydrogen) atoms. The molecule has 0 aliphatic heterocycles. The zero-order valence-corrected chi connectivity index (χ0v) is 13.1. The van der Waals surface area contributed by atoms with Crippen molar-refractivity contribution in [2.75, 3.05) is 20.3 Å². The molecule has 0 fully saturated rings. The summed E-state index contributed by atoms with van der Waals surface area (Å²) in [6.07, 6.45) is 3.83. The molecular formula is C19H24O3. The van der Waals surface area contributed by atoms with Crippen LogP contribution in [0.4, 0.5) is 0 Å². The van der Waals surface area contributed by atoms with Crippen LogP contribution in [-0.2, 0) is 12.8 Å². The van der Waals surface area contributed by atoms with Crippen molar-refractivity contribution >= 4 is 0 Å². The van der Waals surface area contributed by atoms with E-state index in [2.05, 4.69) is 24.3 Å². The minimum absolute atomic E-state index is 0.142. The summed E-state index contributed by atoms with van der Waals surface area (Å²) in [4.78, 5) is 0. The second kappa shape index (κ2) is 9.11. The van der Waals surface area contributed by atoms with Crippen LogP contribution < -0.4 is 9.47 Å². The Morgan fingerprint density at radius 2 is 1.68 bits per heavy atom. The van der Waals surface area contributed by atoms with Crippen molar-refractivity contribution in [1.82, 2.24) is 0 Å². The van der Waals surface area contributed by atoms with Gasteiger partial charge in [-0.2, -0.15) is 0 Å². The maximum absolute atomic E-state index is 8.97. The Kier molecular flexibility index (Phi) is 6.78. The SMILES string of the molecule is COc1cc(CCO)ccc1OCCCCc1ccccc1. The van der Waals surface area contributed by atoms with Crippen molar-refractivity contribution in [2.24, 2.45) is 0 Å². The van der Waals surface area contributed by atoms with E-state index in [-0.39, 0.29) is 6.61 Å². The Hall–Kier alpha value is -2.00. The summed E-state index contributed by atoms with van der Waals surface area (Å²) < 4.78 is 11.2. The van der Waals surface area contributed by atoms with Gasteiger partial charge in [0.2, 0.25) is 0 Å². The summed E-state index contributed by atoms with van der Waals surface area (Å²) in [6.45, 7) is 0.825. The molecule has 118 valence electrons. The maximum atomic E-state index is 8.97. The van der Waals surface area contributed by atoms with Crippen LogP contribution in [0.1, 0.15) is 24.0 Å². The molecule has 0 amide bonds. The molecule has 0 saturated carbocycles. The van der Waals surface area contributed by atoms with Gasteiger partial charge in [0.15, 0.2) is 11.5 Å². The van der Waals surface area contributed by atoms with E-state index in [0.717, 1.165) is 36.3 Å². The van der Waals surface area contributed by atoms with E-state index in [4.69, 9.17) is 14.6 Å². The summed E-state index contributed by atoms with van der Waals surface area (Å²) in [5, 5.41) is 8.97. The Balaban J connectivity index is 1.76. The molecule has 0 aliphatic rings. The summed E-state index contributed by atoms with van der Waals surface area (Å²) in [6, 6.07) is 16.3. The van der Waals surface area contributed by atoms with Crippen molar-refractivity contribution in [3.63, 3.8) is 0 Å². The van der Waals surface area contributed by atoms with E-state index in [0.29, 0.717) is 13.0 Å². The monoisotopic (exact) mass is 300 g/mol. The number of benzene rings is 2. The molecule has 0 saturated heterocycles. The number of aliphatic hydroxyl groups is 1. The minimum Gasteiger partial charge on any atom is -0.493 e. The molecule has 0 heterocycles. The van der Waals surface area contributed by atoms with Crippen molar-refractivity contribution in [3.05, 3.63) is 59.7 Å². The highest BCUT2D eigenvalue weighted by Gasteiger charge is 2.05. The molecule has 1 N–H and O–H groups in total. The molecule has 0 bridgehead atoms. The zero-order chi connectivity index (χ0) is 15.6. The molecule has 0 aromatic heterocycles. The number of methoxy groups -OCH3 is 1. The molecule has 0 radical (unpaired) electrons. The fourth-order valence-electron chi connectivity index (χ4n) is 2.37. The highest BCUT2D eigenvalue weighted by atomic mass is 16.5. The fraction of sp³-hybridized carbons (Fsp3) is 0.368. The lowest BCUT2D eigenvalue weighted by Crippen LogP contribution is -2.01. The van der Waals surface area contributed by atoms with E-state index in [1.807, 2.05) is 24.3 Å². The highest BCUT2D eigenvalue weighted by Crippen LogP contribution is 2.28. The van der Waals surface area contributed by atoms with Crippen molar-refractivity contribution in [2.45, 2.75) is 25.7 Å². The van der Waals surface area contributed by atoms with Gasteiger partial charge in [0.1, 0.15) is 0 Å². The van der Waals surface area contributed by atoms with Crippen LogP contribution in [0.15, 0.2) is 48.5 Å². The molecule has 0 atom stereocenters. The molecule has 2 rings (SSSR count). The van der Waals surface area contributed by atoms with E-state index in [1.165, 1.54) is 5.56 Å². The topological polar surface area (TPSA) is 38.7 Å². The van der Waals surface area contributed by atoms with Gasteiger partial charge in [-0.05, 0) is 48.9 Å². The predicted octanol–water partition coefficient (Wildman–Crippen LogP) is 3.63. The number of rotatable bonds is 9. The third kappa shape index (κ3) is 5.08. The van der Waals surface area contributed by atoms with Crippen molar-refractivity contribution in [3.8, 4) is 11.5 Å². The second-order valence-corrected chi connectivity index (χ2v) is 5.25. The fourth-order valence-corrected chi connectivity index (χ4v) is 2.37. The lowest BCUT2D eigenvalue weighted by molar-refractivity contribution is 0.285. The standard InChI is InChI=1S/C19H24O3/c1-21-19-15-17(12-13-20)10-11-18(19)22-14-6-5-9-16-7-3-2-4-8-16/h2-4,7-8,10-11,15,20H,5-6,9,12-14H2,1H3. The molecule has 2 aromatic carbocycles. The quantitative estimate of drug-likeness (QED) is 0.719. The Bertz CT molecular complexity index is 552. The van der Waals surface area contributed by atoms with Crippen LogP contribution in [0.2, 0.25) is 0 Å². The van der Waals surface area contributed by atoms with Crippen LogP contribution >= 0.6 is 0 Å². The van der Waals surface area contributed by atoms with E-state index in [1.54, 1.807) is 7.11 Å². The van der Waals surface area contributed by atoms with Gasteiger partial charge in [-0.3, -0.25) is 0 Å². The maximum Gasteiger partial charge on any atom is 0.161 e. The number of ether oxygens (including phenoxy) is 2. The highest BCUT2D eigenvalue weighted by molar-refractivity contribution is 5.43. The van der Waals surface area contributed by atoms with Gasteiger partial charge >= 0.3 is 0 Å². The third-order valence-electron chi connectivity index (χ3n) is 3.59. The molecular weight excluding hydrogens is 276 g/mol. The summed E-state index contributed by atoms with van der Waals surface area (Å²) in [7, 11) is 1.64. The Morgan fingerprint density at radius 1 is 0.864 bits per heavy atom. The first-order valence-electron chi connectivity index (χ1n) is 7.78. The molecule has 3 nitrogen and oxygen atoms in total. The minimum atomic E-state index is 0.142. The van der Waals surface area contributed by atoms with Gasteiger partial charge in [0, 0.05) is 6.61 Å². The van der Waals surface area contributed by atoms with Crippen LogP contribution in [0.3, 0.4) is 0 Å². The molecule has 0 unspecified atom stereocenters. The van der Waals surface area contributed by atoms with Crippen molar-refractivity contribution < 1.29 is 14.6 Å². The number of unbranched alkanes of at least 4 members (excludes halogenated alkanes) is 1. The second-order valence-electron chi connectivity index (χ2n) is 5.25. The van der Waals surface area contributed by atoms with Gasteiger partial charge in [-0.1, -0.05) is 36.4 Å². The van der Waals surface area contributed by atoms with Gasteiger partial charge in [0.05, 0.1) is 13.7 Å². The number of aliphatic hydroxyl groups excluding tert-OH is 1. The largest absolute Gasteiger partial charge is 0.493 e. The van der Waals surface area contributed by atoms with Crippen LogP contribution in [0, 0.1) is 0 Å². The van der Waals surface area contributed by atoms with Crippen molar-refractivity contribution in [1.29, 1.82) is 0 Å². The van der Waals surface area contributed by atoms with Crippen LogP contribution in [-0.4, -0.2) is 25.4 Å². The average molecular weight is 300 g/mol. The summed E-state index contributed by atoms with van der Waals surface area (Å²) in [5.74, 6) is 1.50. The number of hydrogen-bond acceptors (Lipinski definition) is 3. The smallest absolute Gasteiger partial charge is 0.161 e. The first-order valence-corrected chi connectivity index (χ1v) is 7.78. The lowest BCUT2D eigenvalue weighted by Gasteiger charge is -2.12. The Morgan fingerprint density at radius 3 is 2.41 bits per heavy atom. The molecule has 2 aromatic rings. The molecule has 0 aliphatic carbocycles. The van der Waals surface area contributed by atoms with Gasteiger partial charge < -0.3 is 14.6 Å². The van der Waals surface area contributed by atoms with Gasteiger partial charge in [-0.15, -0.1) is 0 Å². The Labute approximate surface area is 132 Å². The van der Waals surface area contributed by atoms with E-state index in [9.17, 15) is 0 Å². The molecule has 0 spiro atoms. The van der Waals surface area contributed by atoms with Crippen LogP contribution in [0.25, 0.3) is 0 Å². The summed E-state index contributed by atoms with van der Waals surface area (Å²) >= 11 is 0. The number of hydrogen-bond donors (Lipinski definition) is 1. The predicted molar refractivity (Wildman–Crippen MR) is 88.7 cm³/mol. The normalized spacial score (nSPS) is 10.5. The lowest BCUT2D eigenvalue weighted by atomic mass is 10.1. The zero-order valence-electron chi connectivity index (χ0n) is 13.1. The first-order chi connectivity index (χ1) is 10.8. The summed E-state index contributed by atoms with van der Waals surface area (Å²) in [5.41, 5.74) is 2.42. The van der Waals surface area contributed by atoms with Gasteiger partial charge in [-0.25, -0.2) is 0 Å². The molecule has 3 heteroatoms. The third-order valence-corrected chi connectivity index (χ3v) is 3.59. The number of aryl methyl sites for hydroxylation is 1.